The number of halogens is 2. The molecule has 0 spiro atoms. The van der Waals surface area contributed by atoms with Crippen LogP contribution in [-0.2, 0) is 12.5 Å². The maximum Gasteiger partial charge on any atom is 0.125 e. The molecule has 0 aliphatic rings. The zero-order chi connectivity index (χ0) is 15.4. The maximum atomic E-state index is 13.4. The smallest absolute Gasteiger partial charge is 0.125 e. The van der Waals surface area contributed by atoms with Gasteiger partial charge in [0.25, 0.3) is 0 Å². The molecule has 0 saturated heterocycles. The highest BCUT2D eigenvalue weighted by molar-refractivity contribution is 6.17. The highest BCUT2D eigenvalue weighted by Crippen LogP contribution is 2.26. The van der Waals surface area contributed by atoms with Crippen molar-refractivity contribution in [1.29, 1.82) is 5.26 Å². The van der Waals surface area contributed by atoms with E-state index in [1.54, 1.807) is 6.07 Å². The van der Waals surface area contributed by atoms with Gasteiger partial charge in [-0.2, -0.15) is 5.26 Å². The Balaban J connectivity index is 2.21. The lowest BCUT2D eigenvalue weighted by Gasteiger charge is -2.13. The number of rotatable bonds is 4. The number of benzene rings is 2. The third kappa shape index (κ3) is 3.74. The van der Waals surface area contributed by atoms with Crippen molar-refractivity contribution in [2.75, 3.05) is 0 Å². The van der Waals surface area contributed by atoms with Crippen molar-refractivity contribution in [3.8, 4) is 11.8 Å². The van der Waals surface area contributed by atoms with Crippen molar-refractivity contribution < 1.29 is 9.13 Å². The maximum absolute atomic E-state index is 13.4. The van der Waals surface area contributed by atoms with Crippen LogP contribution < -0.4 is 4.74 Å². The highest BCUT2D eigenvalue weighted by atomic mass is 35.5. The van der Waals surface area contributed by atoms with E-state index < -0.39 is 5.82 Å². The molecule has 0 fully saturated rings. The van der Waals surface area contributed by atoms with Crippen LogP contribution in [0.5, 0.6) is 5.75 Å². The summed E-state index contributed by atoms with van der Waals surface area (Å²) in [6.45, 7) is 4.11. The first kappa shape index (κ1) is 15.3. The fourth-order valence-corrected chi connectivity index (χ4v) is 2.45. The van der Waals surface area contributed by atoms with E-state index in [1.165, 1.54) is 12.1 Å². The minimum Gasteiger partial charge on any atom is -0.488 e. The molecule has 2 nitrogen and oxygen atoms in total. The second-order valence-corrected chi connectivity index (χ2v) is 5.21. The van der Waals surface area contributed by atoms with Gasteiger partial charge in [0.1, 0.15) is 18.2 Å². The van der Waals surface area contributed by atoms with E-state index >= 15 is 0 Å². The second-order valence-electron chi connectivity index (χ2n) is 4.94. The normalized spacial score (nSPS) is 10.2. The van der Waals surface area contributed by atoms with Crippen LogP contribution in [0.4, 0.5) is 4.39 Å². The molecular weight excluding hydrogens is 289 g/mol. The van der Waals surface area contributed by atoms with Gasteiger partial charge in [0, 0.05) is 5.88 Å². The quantitative estimate of drug-likeness (QED) is 0.771. The van der Waals surface area contributed by atoms with Gasteiger partial charge in [0.15, 0.2) is 0 Å². The Bertz CT molecular complexity index is 683. The SMILES string of the molecule is Cc1cc(CCl)cc(C)c1OCc1cc(F)cc(C#N)c1. The highest BCUT2D eigenvalue weighted by Gasteiger charge is 2.08. The third-order valence-electron chi connectivity index (χ3n) is 3.14. The topological polar surface area (TPSA) is 33.0 Å². The molecule has 4 heteroatoms. The Morgan fingerprint density at radius 2 is 1.76 bits per heavy atom. The van der Waals surface area contributed by atoms with Gasteiger partial charge < -0.3 is 4.74 Å². The van der Waals surface area contributed by atoms with Gasteiger partial charge in [-0.05, 0) is 54.3 Å². The summed E-state index contributed by atoms with van der Waals surface area (Å²) < 4.78 is 19.2. The number of hydrogen-bond donors (Lipinski definition) is 0. The number of hydrogen-bond acceptors (Lipinski definition) is 2. The first-order valence-corrected chi connectivity index (χ1v) is 7.05. The number of nitriles is 1. The summed E-state index contributed by atoms with van der Waals surface area (Å²) in [5, 5.41) is 8.85. The monoisotopic (exact) mass is 303 g/mol. The molecule has 2 aromatic rings. The molecule has 0 heterocycles. The Hall–Kier alpha value is -2.05. The molecule has 0 radical (unpaired) electrons. The molecule has 0 aromatic heterocycles. The van der Waals surface area contributed by atoms with Crippen LogP contribution in [0.15, 0.2) is 30.3 Å². The van der Waals surface area contributed by atoms with Crippen molar-refractivity contribution >= 4 is 11.6 Å². The number of ether oxygens (including phenoxy) is 1. The lowest BCUT2D eigenvalue weighted by atomic mass is 10.1. The van der Waals surface area contributed by atoms with Crippen molar-refractivity contribution in [2.45, 2.75) is 26.3 Å². The Labute approximate surface area is 128 Å². The minimum atomic E-state index is -0.432. The van der Waals surface area contributed by atoms with E-state index in [0.29, 0.717) is 17.0 Å². The van der Waals surface area contributed by atoms with Crippen molar-refractivity contribution in [3.05, 3.63) is 64.0 Å². The van der Waals surface area contributed by atoms with Crippen LogP contribution >= 0.6 is 11.6 Å². The van der Waals surface area contributed by atoms with Crippen molar-refractivity contribution in [3.63, 3.8) is 0 Å². The standard InChI is InChI=1S/C17H15ClFNO/c1-11-3-13(8-18)4-12(2)17(11)21-10-15-5-14(9-20)6-16(19)7-15/h3-7H,8,10H2,1-2H3. The summed E-state index contributed by atoms with van der Waals surface area (Å²) in [4.78, 5) is 0. The summed E-state index contributed by atoms with van der Waals surface area (Å²) >= 11 is 5.83. The number of aryl methyl sites for hydroxylation is 2. The molecule has 0 atom stereocenters. The Morgan fingerprint density at radius 1 is 1.10 bits per heavy atom. The molecule has 108 valence electrons. The van der Waals surface area contributed by atoms with Crippen LogP contribution in [0.3, 0.4) is 0 Å². The van der Waals surface area contributed by atoms with E-state index in [1.807, 2.05) is 32.0 Å². The van der Waals surface area contributed by atoms with Crippen LogP contribution in [0.1, 0.15) is 27.8 Å². The van der Waals surface area contributed by atoms with Crippen molar-refractivity contribution in [2.24, 2.45) is 0 Å². The largest absolute Gasteiger partial charge is 0.488 e. The first-order chi connectivity index (χ1) is 10.0. The summed E-state index contributed by atoms with van der Waals surface area (Å²) in [5.41, 5.74) is 3.94. The van der Waals surface area contributed by atoms with Gasteiger partial charge in [0.2, 0.25) is 0 Å². The zero-order valence-electron chi connectivity index (χ0n) is 11.9. The second kappa shape index (κ2) is 6.60. The number of alkyl halides is 1. The summed E-state index contributed by atoms with van der Waals surface area (Å²) in [6.07, 6.45) is 0. The molecule has 0 saturated carbocycles. The Kier molecular flexibility index (Phi) is 4.82. The molecule has 0 aliphatic heterocycles. The fourth-order valence-electron chi connectivity index (χ4n) is 2.30. The predicted molar refractivity (Wildman–Crippen MR) is 80.9 cm³/mol. The molecule has 0 unspecified atom stereocenters. The Morgan fingerprint density at radius 3 is 2.33 bits per heavy atom. The molecule has 2 aromatic carbocycles. The van der Waals surface area contributed by atoms with E-state index in [2.05, 4.69) is 0 Å². The average Bonchev–Trinajstić information content (AvgIpc) is 2.45. The van der Waals surface area contributed by atoms with Gasteiger partial charge in [-0.25, -0.2) is 4.39 Å². The van der Waals surface area contributed by atoms with Crippen LogP contribution in [0.25, 0.3) is 0 Å². The minimum absolute atomic E-state index is 0.217. The molecule has 21 heavy (non-hydrogen) atoms. The van der Waals surface area contributed by atoms with Crippen LogP contribution in [0, 0.1) is 31.0 Å². The van der Waals surface area contributed by atoms with E-state index in [4.69, 9.17) is 21.6 Å². The zero-order valence-corrected chi connectivity index (χ0v) is 12.7. The van der Waals surface area contributed by atoms with Crippen molar-refractivity contribution in [1.82, 2.24) is 0 Å². The van der Waals surface area contributed by atoms with E-state index in [9.17, 15) is 4.39 Å². The third-order valence-corrected chi connectivity index (χ3v) is 3.45. The van der Waals surface area contributed by atoms with Gasteiger partial charge in [-0.3, -0.25) is 0 Å². The average molecular weight is 304 g/mol. The lowest BCUT2D eigenvalue weighted by Crippen LogP contribution is -2.01. The molecule has 2 rings (SSSR count). The molecule has 0 bridgehead atoms. The van der Waals surface area contributed by atoms with Gasteiger partial charge in [0.05, 0.1) is 11.6 Å². The van der Waals surface area contributed by atoms with Gasteiger partial charge >= 0.3 is 0 Å². The number of nitrogens with zero attached hydrogens (tertiary/aromatic N) is 1. The van der Waals surface area contributed by atoms with E-state index in [-0.39, 0.29) is 6.61 Å². The molecule has 0 N–H and O–H groups in total. The van der Waals surface area contributed by atoms with Crippen LogP contribution in [0.2, 0.25) is 0 Å². The fraction of sp³-hybridized carbons (Fsp3) is 0.235. The lowest BCUT2D eigenvalue weighted by molar-refractivity contribution is 0.301. The van der Waals surface area contributed by atoms with Gasteiger partial charge in [-0.1, -0.05) is 12.1 Å². The van der Waals surface area contributed by atoms with Crippen LogP contribution in [-0.4, -0.2) is 0 Å². The molecule has 0 amide bonds. The summed E-state index contributed by atoms with van der Waals surface area (Å²) in [6, 6.07) is 10.1. The summed E-state index contributed by atoms with van der Waals surface area (Å²) in [7, 11) is 0. The first-order valence-electron chi connectivity index (χ1n) is 6.52. The predicted octanol–water partition coefficient (Wildman–Crippen LogP) is 4.63. The van der Waals surface area contributed by atoms with E-state index in [0.717, 1.165) is 22.4 Å². The summed E-state index contributed by atoms with van der Waals surface area (Å²) in [5.74, 6) is 0.794. The molecular formula is C17H15ClFNO. The van der Waals surface area contributed by atoms with Gasteiger partial charge in [-0.15, -0.1) is 11.6 Å². The molecule has 0 aliphatic carbocycles.